The Morgan fingerprint density at radius 3 is 1.67 bits per heavy atom. The molecule has 0 saturated heterocycles. The van der Waals surface area contributed by atoms with Gasteiger partial charge in [-0.05, 0) is 60.2 Å². The van der Waals surface area contributed by atoms with Crippen LogP contribution in [0.15, 0.2) is 186 Å². The van der Waals surface area contributed by atoms with E-state index in [1.165, 1.54) is 58.7 Å². The molecule has 12 aromatic rings. The molecule has 54 heavy (non-hydrogen) atoms. The van der Waals surface area contributed by atoms with Crippen LogP contribution in [0.3, 0.4) is 0 Å². The van der Waals surface area contributed by atoms with E-state index in [1.54, 1.807) is 0 Å². The summed E-state index contributed by atoms with van der Waals surface area (Å²) >= 11 is 1.87. The van der Waals surface area contributed by atoms with Crippen molar-refractivity contribution in [1.29, 1.82) is 0 Å². The fraction of sp³-hybridized carbons (Fsp3) is 0. The molecule has 0 aliphatic carbocycles. The van der Waals surface area contributed by atoms with Crippen LogP contribution in [-0.2, 0) is 0 Å². The van der Waals surface area contributed by atoms with Crippen LogP contribution in [0.4, 0.5) is 0 Å². The smallest absolute Gasteiger partial charge is 0.161 e. The van der Waals surface area contributed by atoms with Gasteiger partial charge in [-0.1, -0.05) is 127 Å². The predicted molar refractivity (Wildman–Crippen MR) is 229 cm³/mol. The maximum Gasteiger partial charge on any atom is 0.161 e. The number of hydrogen-bond acceptors (Lipinski definition) is 2. The monoisotopic (exact) mass is 706 g/mol. The molecule has 4 aromatic heterocycles. The maximum atomic E-state index is 7.03. The van der Waals surface area contributed by atoms with Crippen LogP contribution in [0.1, 0.15) is 0 Å². The summed E-state index contributed by atoms with van der Waals surface area (Å²) in [6, 6.07) is 65.7. The summed E-state index contributed by atoms with van der Waals surface area (Å²) in [4.78, 5) is 0. The average molecular weight is 707 g/mol. The number of para-hydroxylation sites is 6. The number of aromatic nitrogens is 2. The quantitative estimate of drug-likeness (QED) is 0.179. The van der Waals surface area contributed by atoms with Gasteiger partial charge in [0.05, 0.1) is 16.6 Å². The van der Waals surface area contributed by atoms with Gasteiger partial charge in [0, 0.05) is 69.8 Å². The Bertz CT molecular complexity index is 3440. The summed E-state index contributed by atoms with van der Waals surface area (Å²) in [5.74, 6) is 0. The van der Waals surface area contributed by atoms with Crippen molar-refractivity contribution < 1.29 is 4.42 Å². The van der Waals surface area contributed by atoms with Crippen LogP contribution < -0.4 is 0 Å². The van der Waals surface area contributed by atoms with Crippen molar-refractivity contribution in [1.82, 2.24) is 9.13 Å². The van der Waals surface area contributed by atoms with Gasteiger partial charge < -0.3 is 13.6 Å². The van der Waals surface area contributed by atoms with Crippen molar-refractivity contribution in [2.75, 3.05) is 0 Å². The van der Waals surface area contributed by atoms with Crippen molar-refractivity contribution >= 4 is 86.3 Å². The van der Waals surface area contributed by atoms with Crippen LogP contribution >= 0.6 is 11.3 Å². The molecule has 0 fully saturated rings. The summed E-state index contributed by atoms with van der Waals surface area (Å²) in [6.07, 6.45) is 0. The molecule has 0 atom stereocenters. The lowest BCUT2D eigenvalue weighted by Gasteiger charge is -2.14. The minimum atomic E-state index is 0.913. The average Bonchev–Trinajstić information content (AvgIpc) is 3.99. The molecule has 0 spiro atoms. The first-order valence-corrected chi connectivity index (χ1v) is 19.2. The highest BCUT2D eigenvalue weighted by molar-refractivity contribution is 7.26. The predicted octanol–water partition coefficient (Wildman–Crippen LogP) is 14.3. The Balaban J connectivity index is 1.17. The number of benzene rings is 8. The lowest BCUT2D eigenvalue weighted by molar-refractivity contribution is 0.674. The third-order valence-electron chi connectivity index (χ3n) is 11.1. The van der Waals surface area contributed by atoms with E-state index < -0.39 is 0 Å². The highest BCUT2D eigenvalue weighted by Gasteiger charge is 2.24. The topological polar surface area (TPSA) is 23.0 Å². The third kappa shape index (κ3) is 4.06. The van der Waals surface area contributed by atoms with Gasteiger partial charge in [0.25, 0.3) is 0 Å². The zero-order valence-electron chi connectivity index (χ0n) is 29.0. The molecule has 0 aliphatic rings. The fourth-order valence-corrected chi connectivity index (χ4v) is 10.2. The summed E-state index contributed by atoms with van der Waals surface area (Å²) in [6.45, 7) is 0. The Labute approximate surface area is 314 Å². The minimum absolute atomic E-state index is 0.913. The van der Waals surface area contributed by atoms with E-state index in [0.29, 0.717) is 0 Å². The van der Waals surface area contributed by atoms with E-state index in [-0.39, 0.29) is 0 Å². The van der Waals surface area contributed by atoms with Crippen LogP contribution in [0.5, 0.6) is 0 Å². The standard InChI is InChI=1S/C50H30N2OS/c1-3-15-31(16-4-1)51-42-26-10-7-19-33(42)35-22-13-23-36(46(35)51)34-29-30-38(50-45(34)40-21-9-12-28-44(40)54-50)37-24-14-25-41-47-49(53-48(37)41)39-20-8-11-27-43(39)52(47)32-17-5-2-6-18-32/h1-30H. The zero-order valence-corrected chi connectivity index (χ0v) is 29.8. The first-order valence-electron chi connectivity index (χ1n) is 18.4. The SMILES string of the molecule is c1ccc(-n2c3ccccc3c3cccc(-c4ccc(-c5cccc6c5oc5c7ccccc7n(-c7ccccc7)c65)c5sc6ccccc6c45)c32)cc1. The highest BCUT2D eigenvalue weighted by atomic mass is 32.1. The van der Waals surface area contributed by atoms with Gasteiger partial charge >= 0.3 is 0 Å². The van der Waals surface area contributed by atoms with Crippen LogP contribution in [0, 0.1) is 0 Å². The number of hydrogen-bond donors (Lipinski definition) is 0. The fourth-order valence-electron chi connectivity index (χ4n) is 8.90. The van der Waals surface area contributed by atoms with Crippen LogP contribution in [0.2, 0.25) is 0 Å². The van der Waals surface area contributed by atoms with E-state index in [4.69, 9.17) is 4.42 Å². The van der Waals surface area contributed by atoms with Gasteiger partial charge in [-0.3, -0.25) is 0 Å². The Hall–Kier alpha value is -6.88. The number of fused-ring (bicyclic) bond motifs is 11. The second kappa shape index (κ2) is 11.3. The molecule has 0 radical (unpaired) electrons. The van der Waals surface area contributed by atoms with Crippen molar-refractivity contribution in [3.05, 3.63) is 182 Å². The minimum Gasteiger partial charge on any atom is -0.453 e. The molecule has 4 heterocycles. The molecule has 4 heteroatoms. The molecule has 0 aliphatic heterocycles. The third-order valence-corrected chi connectivity index (χ3v) is 12.3. The second-order valence-corrected chi connectivity index (χ2v) is 15.1. The molecule has 0 bridgehead atoms. The van der Waals surface area contributed by atoms with Crippen LogP contribution in [0.25, 0.3) is 109 Å². The summed E-state index contributed by atoms with van der Waals surface area (Å²) in [7, 11) is 0. The van der Waals surface area contributed by atoms with Gasteiger partial charge in [-0.15, -0.1) is 11.3 Å². The van der Waals surface area contributed by atoms with Crippen molar-refractivity contribution in [2.24, 2.45) is 0 Å². The van der Waals surface area contributed by atoms with E-state index in [9.17, 15) is 0 Å². The lowest BCUT2D eigenvalue weighted by Crippen LogP contribution is -1.95. The molecule has 12 rings (SSSR count). The highest BCUT2D eigenvalue weighted by Crippen LogP contribution is 2.49. The molecule has 0 N–H and O–H groups in total. The molecule has 3 nitrogen and oxygen atoms in total. The van der Waals surface area contributed by atoms with Gasteiger partial charge in [-0.25, -0.2) is 0 Å². The molecule has 252 valence electrons. The number of thiophene rings is 1. The molecule has 0 saturated carbocycles. The van der Waals surface area contributed by atoms with Gasteiger partial charge in [0.15, 0.2) is 5.58 Å². The number of rotatable bonds is 4. The van der Waals surface area contributed by atoms with Gasteiger partial charge in [0.1, 0.15) is 11.1 Å². The van der Waals surface area contributed by atoms with Gasteiger partial charge in [-0.2, -0.15) is 0 Å². The Morgan fingerprint density at radius 1 is 0.352 bits per heavy atom. The number of furan rings is 1. The molecular formula is C50H30N2OS. The normalized spacial score (nSPS) is 12.1. The maximum absolute atomic E-state index is 7.03. The van der Waals surface area contributed by atoms with Crippen LogP contribution in [-0.4, -0.2) is 9.13 Å². The van der Waals surface area contributed by atoms with E-state index in [0.717, 1.165) is 49.9 Å². The lowest BCUT2D eigenvalue weighted by atomic mass is 9.93. The second-order valence-electron chi connectivity index (χ2n) is 14.0. The van der Waals surface area contributed by atoms with Crippen molar-refractivity contribution in [2.45, 2.75) is 0 Å². The Kier molecular flexibility index (Phi) is 6.21. The van der Waals surface area contributed by atoms with Crippen molar-refractivity contribution in [3.63, 3.8) is 0 Å². The molecule has 0 unspecified atom stereocenters. The summed E-state index contributed by atoms with van der Waals surface area (Å²) < 4.78 is 14.4. The first-order chi connectivity index (χ1) is 26.8. The molecule has 8 aromatic carbocycles. The first kappa shape index (κ1) is 29.7. The largest absolute Gasteiger partial charge is 0.453 e. The van der Waals surface area contributed by atoms with E-state index >= 15 is 0 Å². The van der Waals surface area contributed by atoms with E-state index in [1.807, 2.05) is 11.3 Å². The van der Waals surface area contributed by atoms with Gasteiger partial charge in [0.2, 0.25) is 0 Å². The molecule has 0 amide bonds. The number of nitrogens with zero attached hydrogens (tertiary/aromatic N) is 2. The summed E-state index contributed by atoms with van der Waals surface area (Å²) in [5.41, 5.74) is 13.5. The molecular weight excluding hydrogens is 677 g/mol. The zero-order chi connectivity index (χ0) is 35.3. The summed E-state index contributed by atoms with van der Waals surface area (Å²) in [5, 5.41) is 7.28. The Morgan fingerprint density at radius 2 is 0.907 bits per heavy atom. The van der Waals surface area contributed by atoms with Crippen molar-refractivity contribution in [3.8, 4) is 33.6 Å². The van der Waals surface area contributed by atoms with E-state index in [2.05, 4.69) is 191 Å².